The molecule has 17 heavy (non-hydrogen) atoms. The van der Waals surface area contributed by atoms with Crippen LogP contribution < -0.4 is 0 Å². The Hall–Kier alpha value is -0.670. The molecule has 0 aliphatic carbocycles. The fraction of sp³-hybridized carbons (Fsp3) is 0.786. The summed E-state index contributed by atoms with van der Waals surface area (Å²) in [6.45, 7) is 10.1. The molecule has 1 aliphatic rings. The molecule has 1 N–H and O–H groups in total. The summed E-state index contributed by atoms with van der Waals surface area (Å²) in [6, 6.07) is 0. The summed E-state index contributed by atoms with van der Waals surface area (Å²) < 4.78 is 0.929. The minimum Gasteiger partial charge on any atom is -0.390 e. The average molecular weight is 239 g/mol. The first-order chi connectivity index (χ1) is 8.29. The fourth-order valence-corrected chi connectivity index (χ4v) is 2.65. The average Bonchev–Trinajstić information content (AvgIpc) is 2.73. The summed E-state index contributed by atoms with van der Waals surface area (Å²) in [6.07, 6.45) is 7.93. The lowest BCUT2D eigenvalue weighted by Crippen LogP contribution is -2.52. The molecule has 0 radical (unpaired) electrons. The Morgan fingerprint density at radius 1 is 1.41 bits per heavy atom. The molecule has 0 saturated carbocycles. The normalized spacial score (nSPS) is 23.8. The largest absolute Gasteiger partial charge is 0.390 e. The van der Waals surface area contributed by atoms with E-state index in [0.29, 0.717) is 0 Å². The van der Waals surface area contributed by atoms with E-state index in [4.69, 9.17) is 0 Å². The molecule has 3 heteroatoms. The first-order valence-corrected chi connectivity index (χ1v) is 6.91. The summed E-state index contributed by atoms with van der Waals surface area (Å²) in [5.41, 5.74) is 0. The number of nitrogens with zero attached hydrogens (tertiary/aromatic N) is 2. The number of amidine groups is 1. The SMILES string of the molecule is C=CCCCCCC1=NCC[N+]1(CC)CCO. The van der Waals surface area contributed by atoms with E-state index in [-0.39, 0.29) is 6.61 Å². The van der Waals surface area contributed by atoms with Gasteiger partial charge >= 0.3 is 0 Å². The van der Waals surface area contributed by atoms with Crippen LogP contribution in [0.4, 0.5) is 0 Å². The molecular weight excluding hydrogens is 212 g/mol. The van der Waals surface area contributed by atoms with Gasteiger partial charge in [-0.2, -0.15) is 0 Å². The molecule has 1 atom stereocenters. The molecule has 1 rings (SSSR count). The number of aliphatic imine (C=N–C) groups is 1. The zero-order chi connectivity index (χ0) is 12.6. The van der Waals surface area contributed by atoms with Crippen molar-refractivity contribution in [1.82, 2.24) is 0 Å². The molecule has 1 heterocycles. The van der Waals surface area contributed by atoms with Gasteiger partial charge in [0.15, 0.2) is 5.84 Å². The summed E-state index contributed by atoms with van der Waals surface area (Å²) in [5.74, 6) is 1.32. The second-order valence-electron chi connectivity index (χ2n) is 4.82. The van der Waals surface area contributed by atoms with Gasteiger partial charge in [0, 0.05) is 6.42 Å². The minimum absolute atomic E-state index is 0.267. The van der Waals surface area contributed by atoms with E-state index in [2.05, 4.69) is 18.5 Å². The molecule has 0 spiro atoms. The third-order valence-electron chi connectivity index (χ3n) is 3.81. The van der Waals surface area contributed by atoms with Gasteiger partial charge in [-0.15, -0.1) is 6.58 Å². The predicted octanol–water partition coefficient (Wildman–Crippen LogP) is 2.36. The van der Waals surface area contributed by atoms with Crippen molar-refractivity contribution >= 4 is 5.84 Å². The van der Waals surface area contributed by atoms with Crippen molar-refractivity contribution in [2.75, 3.05) is 32.8 Å². The number of unbranched alkanes of at least 4 members (excludes halogenated alkanes) is 3. The van der Waals surface area contributed by atoms with E-state index in [1.807, 2.05) is 6.08 Å². The minimum atomic E-state index is 0.267. The van der Waals surface area contributed by atoms with Crippen molar-refractivity contribution in [3.05, 3.63) is 12.7 Å². The van der Waals surface area contributed by atoms with Crippen LogP contribution in [-0.4, -0.2) is 48.2 Å². The number of likely N-dealkylation sites (N-methyl/N-ethyl adjacent to an activating group) is 1. The lowest BCUT2D eigenvalue weighted by molar-refractivity contribution is -0.835. The fourth-order valence-electron chi connectivity index (χ4n) is 2.65. The monoisotopic (exact) mass is 239 g/mol. The Morgan fingerprint density at radius 2 is 2.24 bits per heavy atom. The molecule has 0 amide bonds. The number of hydrogen-bond donors (Lipinski definition) is 1. The van der Waals surface area contributed by atoms with Crippen LogP contribution in [0, 0.1) is 0 Å². The first-order valence-electron chi connectivity index (χ1n) is 6.91. The van der Waals surface area contributed by atoms with E-state index in [1.54, 1.807) is 0 Å². The quantitative estimate of drug-likeness (QED) is 0.374. The Labute approximate surface area is 105 Å². The lowest BCUT2D eigenvalue weighted by Gasteiger charge is -2.33. The smallest absolute Gasteiger partial charge is 0.198 e. The van der Waals surface area contributed by atoms with Crippen molar-refractivity contribution in [2.24, 2.45) is 4.99 Å². The molecule has 98 valence electrons. The highest BCUT2D eigenvalue weighted by Gasteiger charge is 2.35. The molecule has 3 nitrogen and oxygen atoms in total. The zero-order valence-electron chi connectivity index (χ0n) is 11.2. The topological polar surface area (TPSA) is 32.6 Å². The van der Waals surface area contributed by atoms with Crippen LogP contribution in [0.3, 0.4) is 0 Å². The van der Waals surface area contributed by atoms with Gasteiger partial charge < -0.3 is 5.11 Å². The van der Waals surface area contributed by atoms with Crippen LogP contribution >= 0.6 is 0 Å². The van der Waals surface area contributed by atoms with Crippen molar-refractivity contribution in [3.63, 3.8) is 0 Å². The third kappa shape index (κ3) is 3.93. The number of allylic oxidation sites excluding steroid dienone is 1. The Bertz CT molecular complexity index is 263. The van der Waals surface area contributed by atoms with Crippen molar-refractivity contribution in [1.29, 1.82) is 0 Å². The van der Waals surface area contributed by atoms with E-state index in [0.717, 1.165) is 43.5 Å². The summed E-state index contributed by atoms with van der Waals surface area (Å²) in [4.78, 5) is 4.65. The van der Waals surface area contributed by atoms with Crippen LogP contribution in [0.5, 0.6) is 0 Å². The standard InChI is InChI=1S/C14H27N2O/c1-3-5-6-7-8-9-14-15-10-11-16(14,4-2)12-13-17/h3,17H,1,4-13H2,2H3/q+1. The maximum atomic E-state index is 9.20. The van der Waals surface area contributed by atoms with Gasteiger partial charge in [-0.05, 0) is 26.2 Å². The van der Waals surface area contributed by atoms with Gasteiger partial charge in [0.2, 0.25) is 0 Å². The van der Waals surface area contributed by atoms with Gasteiger partial charge in [-0.25, -0.2) is 4.99 Å². The van der Waals surface area contributed by atoms with Crippen LogP contribution in [0.1, 0.15) is 39.0 Å². The molecular formula is C14H27N2O+. The van der Waals surface area contributed by atoms with Gasteiger partial charge in [0.25, 0.3) is 0 Å². The van der Waals surface area contributed by atoms with Gasteiger partial charge in [-0.1, -0.05) is 12.5 Å². The van der Waals surface area contributed by atoms with Crippen molar-refractivity contribution in [3.8, 4) is 0 Å². The van der Waals surface area contributed by atoms with E-state index in [9.17, 15) is 5.11 Å². The Kier molecular flexibility index (Phi) is 6.45. The van der Waals surface area contributed by atoms with Gasteiger partial charge in [-0.3, -0.25) is 4.48 Å². The second-order valence-corrected chi connectivity index (χ2v) is 4.82. The van der Waals surface area contributed by atoms with Crippen LogP contribution in [0.2, 0.25) is 0 Å². The number of hydrogen-bond acceptors (Lipinski definition) is 2. The first kappa shape index (κ1) is 14.4. The molecule has 0 bridgehead atoms. The zero-order valence-corrected chi connectivity index (χ0v) is 11.2. The molecule has 1 aliphatic heterocycles. The summed E-state index contributed by atoms with van der Waals surface area (Å²) in [5, 5.41) is 9.20. The lowest BCUT2D eigenvalue weighted by atomic mass is 10.1. The third-order valence-corrected chi connectivity index (χ3v) is 3.81. The number of aliphatic hydroxyl groups excluding tert-OH is 1. The van der Waals surface area contributed by atoms with Crippen molar-refractivity contribution in [2.45, 2.75) is 39.0 Å². The number of aliphatic hydroxyl groups is 1. The van der Waals surface area contributed by atoms with E-state index in [1.165, 1.54) is 25.1 Å². The van der Waals surface area contributed by atoms with E-state index < -0.39 is 0 Å². The molecule has 0 fully saturated rings. The second kappa shape index (κ2) is 7.62. The highest BCUT2D eigenvalue weighted by atomic mass is 16.3. The molecule has 1 unspecified atom stereocenters. The number of quaternary nitrogens is 1. The molecule has 0 saturated heterocycles. The highest BCUT2D eigenvalue weighted by molar-refractivity contribution is 5.76. The summed E-state index contributed by atoms with van der Waals surface area (Å²) in [7, 11) is 0. The van der Waals surface area contributed by atoms with Crippen LogP contribution in [0.25, 0.3) is 0 Å². The van der Waals surface area contributed by atoms with Crippen LogP contribution in [0.15, 0.2) is 17.6 Å². The molecule has 0 aromatic rings. The van der Waals surface area contributed by atoms with Gasteiger partial charge in [0.1, 0.15) is 13.1 Å². The Morgan fingerprint density at radius 3 is 2.88 bits per heavy atom. The predicted molar refractivity (Wildman–Crippen MR) is 73.2 cm³/mol. The van der Waals surface area contributed by atoms with Crippen molar-refractivity contribution < 1.29 is 9.59 Å². The summed E-state index contributed by atoms with van der Waals surface area (Å²) >= 11 is 0. The van der Waals surface area contributed by atoms with E-state index >= 15 is 0 Å². The maximum absolute atomic E-state index is 9.20. The Balaban J connectivity index is 2.37. The van der Waals surface area contributed by atoms with Gasteiger partial charge in [0.05, 0.1) is 19.7 Å². The number of rotatable bonds is 9. The molecule has 0 aromatic carbocycles. The maximum Gasteiger partial charge on any atom is 0.198 e. The highest BCUT2D eigenvalue weighted by Crippen LogP contribution is 2.19. The van der Waals surface area contributed by atoms with Crippen LogP contribution in [-0.2, 0) is 0 Å². The molecule has 0 aromatic heterocycles.